The molecule has 0 bridgehead atoms. The lowest BCUT2D eigenvalue weighted by molar-refractivity contribution is 0.192. The Morgan fingerprint density at radius 3 is 1.87 bits per heavy atom. The zero-order valence-electron chi connectivity index (χ0n) is 9.57. The van der Waals surface area contributed by atoms with Crippen LogP contribution in [0.2, 0.25) is 0 Å². The summed E-state index contributed by atoms with van der Waals surface area (Å²) in [4.78, 5) is 0. The zero-order chi connectivity index (χ0) is 11.6. The minimum absolute atomic E-state index is 0.122. The number of hydrogen-bond acceptors (Lipinski definition) is 3. The third-order valence-electron chi connectivity index (χ3n) is 2.28. The van der Waals surface area contributed by atoms with E-state index >= 15 is 0 Å². The molecule has 0 aliphatic carbocycles. The number of ether oxygens (including phenoxy) is 1. The van der Waals surface area contributed by atoms with Crippen molar-refractivity contribution in [3.8, 4) is 0 Å². The SMILES string of the molecule is COCCCCCCCCCS(N)(=O)=O. The summed E-state index contributed by atoms with van der Waals surface area (Å²) in [7, 11) is -1.53. The van der Waals surface area contributed by atoms with Crippen molar-refractivity contribution in [2.45, 2.75) is 44.9 Å². The standard InChI is InChI=1S/C10H23NO3S/c1-14-9-7-5-3-2-4-6-8-10-15(11,12)13/h2-10H2,1H3,(H2,11,12,13). The molecule has 0 unspecified atom stereocenters. The summed E-state index contributed by atoms with van der Waals surface area (Å²) in [6.45, 7) is 0.839. The topological polar surface area (TPSA) is 69.4 Å². The number of unbranched alkanes of at least 4 members (excludes halogenated alkanes) is 6. The molecular weight excluding hydrogens is 214 g/mol. The highest BCUT2D eigenvalue weighted by Crippen LogP contribution is 2.07. The van der Waals surface area contributed by atoms with Crippen LogP contribution in [0.3, 0.4) is 0 Å². The second-order valence-corrected chi connectivity index (χ2v) is 5.57. The fraction of sp³-hybridized carbons (Fsp3) is 1.00. The summed E-state index contributed by atoms with van der Waals surface area (Å²) in [5.41, 5.74) is 0. The Bertz CT molecular complexity index is 227. The van der Waals surface area contributed by atoms with Crippen molar-refractivity contribution in [1.29, 1.82) is 0 Å². The van der Waals surface area contributed by atoms with Crippen LogP contribution in [0.4, 0.5) is 0 Å². The summed E-state index contributed by atoms with van der Waals surface area (Å²) in [6.07, 6.45) is 7.45. The molecule has 0 amide bonds. The Labute approximate surface area is 93.2 Å². The summed E-state index contributed by atoms with van der Waals surface area (Å²) in [6, 6.07) is 0. The maximum absolute atomic E-state index is 10.6. The third-order valence-corrected chi connectivity index (χ3v) is 3.14. The van der Waals surface area contributed by atoms with Crippen LogP contribution in [0.15, 0.2) is 0 Å². The molecule has 2 N–H and O–H groups in total. The normalized spacial score (nSPS) is 11.9. The lowest BCUT2D eigenvalue weighted by atomic mass is 10.1. The Morgan fingerprint density at radius 1 is 0.933 bits per heavy atom. The molecule has 0 saturated heterocycles. The van der Waals surface area contributed by atoms with Gasteiger partial charge in [0.25, 0.3) is 0 Å². The van der Waals surface area contributed by atoms with E-state index in [0.29, 0.717) is 6.42 Å². The Hall–Kier alpha value is -0.130. The van der Waals surface area contributed by atoms with E-state index in [9.17, 15) is 8.42 Å². The molecule has 0 spiro atoms. The first-order valence-corrected chi connectivity index (χ1v) is 7.27. The van der Waals surface area contributed by atoms with E-state index in [1.165, 1.54) is 19.3 Å². The quantitative estimate of drug-likeness (QED) is 0.587. The van der Waals surface area contributed by atoms with Crippen molar-refractivity contribution in [2.75, 3.05) is 19.5 Å². The van der Waals surface area contributed by atoms with Crippen molar-refractivity contribution in [1.82, 2.24) is 0 Å². The number of hydrogen-bond donors (Lipinski definition) is 1. The first-order chi connectivity index (χ1) is 7.06. The maximum Gasteiger partial charge on any atom is 0.209 e. The molecule has 4 nitrogen and oxygen atoms in total. The molecule has 0 aliphatic rings. The van der Waals surface area contributed by atoms with E-state index in [1.807, 2.05) is 0 Å². The van der Waals surface area contributed by atoms with Crippen LogP contribution in [0.5, 0.6) is 0 Å². The number of primary sulfonamides is 1. The number of nitrogens with two attached hydrogens (primary N) is 1. The van der Waals surface area contributed by atoms with Crippen LogP contribution in [0.25, 0.3) is 0 Å². The van der Waals surface area contributed by atoms with Crippen LogP contribution in [-0.2, 0) is 14.8 Å². The highest BCUT2D eigenvalue weighted by atomic mass is 32.2. The van der Waals surface area contributed by atoms with E-state index in [4.69, 9.17) is 9.88 Å². The van der Waals surface area contributed by atoms with Gasteiger partial charge in [-0.3, -0.25) is 0 Å². The molecule has 0 radical (unpaired) electrons. The van der Waals surface area contributed by atoms with Crippen molar-refractivity contribution in [3.63, 3.8) is 0 Å². The largest absolute Gasteiger partial charge is 0.385 e. The lowest BCUT2D eigenvalue weighted by Crippen LogP contribution is -2.16. The average molecular weight is 237 g/mol. The summed E-state index contributed by atoms with van der Waals surface area (Å²) in [5, 5.41) is 4.89. The van der Waals surface area contributed by atoms with Gasteiger partial charge in [-0.25, -0.2) is 13.6 Å². The molecule has 0 aromatic heterocycles. The van der Waals surface area contributed by atoms with Gasteiger partial charge < -0.3 is 4.74 Å². The van der Waals surface area contributed by atoms with Gasteiger partial charge in [0.2, 0.25) is 10.0 Å². The Balaban J connectivity index is 3.06. The number of rotatable bonds is 10. The second-order valence-electron chi connectivity index (χ2n) is 3.83. The monoisotopic (exact) mass is 237 g/mol. The van der Waals surface area contributed by atoms with Crippen molar-refractivity contribution >= 4 is 10.0 Å². The molecule has 0 aromatic rings. The van der Waals surface area contributed by atoms with Crippen LogP contribution in [0.1, 0.15) is 44.9 Å². The fourth-order valence-corrected chi connectivity index (χ4v) is 2.04. The minimum Gasteiger partial charge on any atom is -0.385 e. The highest BCUT2D eigenvalue weighted by molar-refractivity contribution is 7.89. The molecule has 0 aromatic carbocycles. The van der Waals surface area contributed by atoms with E-state index in [1.54, 1.807) is 7.11 Å². The van der Waals surface area contributed by atoms with Crippen LogP contribution >= 0.6 is 0 Å². The maximum atomic E-state index is 10.6. The van der Waals surface area contributed by atoms with Crippen LogP contribution in [-0.4, -0.2) is 27.9 Å². The predicted octanol–water partition coefficient (Wildman–Crippen LogP) is 1.65. The Kier molecular flexibility index (Phi) is 9.04. The van der Waals surface area contributed by atoms with Gasteiger partial charge in [0, 0.05) is 13.7 Å². The first-order valence-electron chi connectivity index (χ1n) is 5.55. The lowest BCUT2D eigenvalue weighted by Gasteiger charge is -2.01. The molecule has 15 heavy (non-hydrogen) atoms. The Morgan fingerprint density at radius 2 is 1.40 bits per heavy atom. The predicted molar refractivity (Wildman–Crippen MR) is 62.2 cm³/mol. The van der Waals surface area contributed by atoms with Gasteiger partial charge in [-0.2, -0.15) is 0 Å². The summed E-state index contributed by atoms with van der Waals surface area (Å²) >= 11 is 0. The molecule has 0 aliphatic heterocycles. The third kappa shape index (κ3) is 13.9. The molecule has 0 heterocycles. The van der Waals surface area contributed by atoms with Crippen molar-refractivity contribution in [3.05, 3.63) is 0 Å². The fourth-order valence-electron chi connectivity index (χ4n) is 1.43. The van der Waals surface area contributed by atoms with Gasteiger partial charge >= 0.3 is 0 Å². The number of sulfonamides is 1. The summed E-state index contributed by atoms with van der Waals surface area (Å²) in [5.74, 6) is 0.122. The van der Waals surface area contributed by atoms with Gasteiger partial charge in [-0.15, -0.1) is 0 Å². The molecule has 0 atom stereocenters. The van der Waals surface area contributed by atoms with E-state index in [-0.39, 0.29) is 5.75 Å². The molecule has 0 rings (SSSR count). The van der Waals surface area contributed by atoms with Gasteiger partial charge in [0.15, 0.2) is 0 Å². The second kappa shape index (κ2) is 9.12. The van der Waals surface area contributed by atoms with E-state index < -0.39 is 10.0 Å². The molecule has 0 saturated carbocycles. The van der Waals surface area contributed by atoms with Crippen molar-refractivity contribution in [2.24, 2.45) is 5.14 Å². The minimum atomic E-state index is -3.25. The molecule has 0 fully saturated rings. The number of methoxy groups -OCH3 is 1. The van der Waals surface area contributed by atoms with Crippen molar-refractivity contribution < 1.29 is 13.2 Å². The molecule has 5 heteroatoms. The van der Waals surface area contributed by atoms with Crippen LogP contribution < -0.4 is 5.14 Å². The van der Waals surface area contributed by atoms with Gasteiger partial charge in [0.05, 0.1) is 5.75 Å². The molecular formula is C10H23NO3S. The smallest absolute Gasteiger partial charge is 0.209 e. The first kappa shape index (κ1) is 14.9. The molecule has 92 valence electrons. The van der Waals surface area contributed by atoms with E-state index in [0.717, 1.165) is 25.9 Å². The highest BCUT2D eigenvalue weighted by Gasteiger charge is 2.00. The zero-order valence-corrected chi connectivity index (χ0v) is 10.4. The van der Waals surface area contributed by atoms with Gasteiger partial charge in [-0.05, 0) is 12.8 Å². The summed E-state index contributed by atoms with van der Waals surface area (Å²) < 4.78 is 26.1. The van der Waals surface area contributed by atoms with Crippen LogP contribution in [0, 0.1) is 0 Å². The van der Waals surface area contributed by atoms with Gasteiger partial charge in [0.1, 0.15) is 0 Å². The van der Waals surface area contributed by atoms with E-state index in [2.05, 4.69) is 0 Å². The average Bonchev–Trinajstić information content (AvgIpc) is 2.14. The van der Waals surface area contributed by atoms with Gasteiger partial charge in [-0.1, -0.05) is 32.1 Å².